The maximum absolute atomic E-state index is 5.16. The Balaban J connectivity index is 1.07. The fourth-order valence-electron chi connectivity index (χ4n) is 6.78. The van der Waals surface area contributed by atoms with Crippen LogP contribution >= 0.6 is 22.7 Å². The number of rotatable bonds is 6. The number of fused-ring (bicyclic) bond motifs is 4. The van der Waals surface area contributed by atoms with Crippen LogP contribution < -0.4 is 0 Å². The lowest BCUT2D eigenvalue weighted by Crippen LogP contribution is -2.00. The Kier molecular flexibility index (Phi) is 7.48. The molecule has 10 rings (SSSR count). The fraction of sp³-hybridized carbons (Fsp3) is 0. The van der Waals surface area contributed by atoms with Crippen LogP contribution in [0.5, 0.6) is 0 Å². The Bertz CT molecular complexity index is 2860. The Morgan fingerprint density at radius 1 is 0.327 bits per heavy atom. The van der Waals surface area contributed by atoms with E-state index in [1.807, 2.05) is 30.3 Å². The zero-order chi connectivity index (χ0) is 34.4. The third kappa shape index (κ3) is 5.55. The lowest BCUT2D eigenvalue weighted by molar-refractivity contribution is 1.08. The Morgan fingerprint density at radius 3 is 1.44 bits per heavy atom. The highest BCUT2D eigenvalue weighted by Crippen LogP contribution is 2.43. The summed E-state index contributed by atoms with van der Waals surface area (Å²) < 4.78 is 3.60. The zero-order valence-electron chi connectivity index (χ0n) is 27.8. The van der Waals surface area contributed by atoms with Gasteiger partial charge in [-0.25, -0.2) is 19.9 Å². The summed E-state index contributed by atoms with van der Waals surface area (Å²) in [5.74, 6) is 1.94. The highest BCUT2D eigenvalue weighted by Gasteiger charge is 2.18. The van der Waals surface area contributed by atoms with Crippen LogP contribution in [-0.4, -0.2) is 19.9 Å². The van der Waals surface area contributed by atoms with Crippen LogP contribution in [0, 0.1) is 0 Å². The number of benzene rings is 7. The van der Waals surface area contributed by atoms with Gasteiger partial charge in [0, 0.05) is 42.4 Å². The molecule has 4 nitrogen and oxygen atoms in total. The largest absolute Gasteiger partial charge is 0.236 e. The van der Waals surface area contributed by atoms with Gasteiger partial charge in [0.05, 0.1) is 10.2 Å². The van der Waals surface area contributed by atoms with Gasteiger partial charge >= 0.3 is 0 Å². The molecule has 0 fully saturated rings. The van der Waals surface area contributed by atoms with Crippen molar-refractivity contribution in [2.45, 2.75) is 0 Å². The van der Waals surface area contributed by atoms with Gasteiger partial charge < -0.3 is 0 Å². The first-order chi connectivity index (χ1) is 25.7. The van der Waals surface area contributed by atoms with Gasteiger partial charge in [0.1, 0.15) is 5.01 Å². The summed E-state index contributed by atoms with van der Waals surface area (Å²) in [6, 6.07) is 59.2. The van der Waals surface area contributed by atoms with Gasteiger partial charge in [0.2, 0.25) is 0 Å². The number of thiophene rings is 1. The third-order valence-electron chi connectivity index (χ3n) is 9.40. The molecular formula is C46H28N4S2. The Morgan fingerprint density at radius 2 is 0.827 bits per heavy atom. The minimum atomic E-state index is 0.640. The van der Waals surface area contributed by atoms with Crippen LogP contribution in [0.1, 0.15) is 0 Å². The monoisotopic (exact) mass is 700 g/mol. The van der Waals surface area contributed by atoms with Crippen molar-refractivity contribution in [1.82, 2.24) is 19.9 Å². The van der Waals surface area contributed by atoms with E-state index in [0.717, 1.165) is 49.3 Å². The smallest absolute Gasteiger partial charge is 0.164 e. The van der Waals surface area contributed by atoms with Gasteiger partial charge in [-0.05, 0) is 40.5 Å². The highest BCUT2D eigenvalue weighted by atomic mass is 32.1. The molecule has 10 aromatic rings. The maximum atomic E-state index is 5.16. The number of aromatic nitrogens is 4. The van der Waals surface area contributed by atoms with Gasteiger partial charge in [-0.3, -0.25) is 0 Å². The molecule has 0 atom stereocenters. The molecule has 0 aliphatic carbocycles. The zero-order valence-corrected chi connectivity index (χ0v) is 29.4. The van der Waals surface area contributed by atoms with Gasteiger partial charge in [0.15, 0.2) is 17.5 Å². The summed E-state index contributed by atoms with van der Waals surface area (Å²) >= 11 is 3.53. The molecule has 3 aromatic heterocycles. The molecule has 0 aliphatic heterocycles. The van der Waals surface area contributed by atoms with E-state index in [1.54, 1.807) is 22.7 Å². The normalized spacial score (nSPS) is 11.5. The van der Waals surface area contributed by atoms with Crippen LogP contribution in [0.4, 0.5) is 0 Å². The van der Waals surface area contributed by atoms with E-state index in [2.05, 4.69) is 140 Å². The van der Waals surface area contributed by atoms with Gasteiger partial charge in [-0.2, -0.15) is 0 Å². The van der Waals surface area contributed by atoms with Crippen LogP contribution in [0.2, 0.25) is 0 Å². The van der Waals surface area contributed by atoms with Crippen molar-refractivity contribution in [2.75, 3.05) is 0 Å². The number of thiazole rings is 1. The highest BCUT2D eigenvalue weighted by molar-refractivity contribution is 7.26. The predicted octanol–water partition coefficient (Wildman–Crippen LogP) is 12.9. The second-order valence-corrected chi connectivity index (χ2v) is 14.8. The first kappa shape index (κ1) is 30.5. The molecule has 0 spiro atoms. The minimum Gasteiger partial charge on any atom is -0.236 e. The van der Waals surface area contributed by atoms with E-state index in [4.69, 9.17) is 19.9 Å². The lowest BCUT2D eigenvalue weighted by Gasteiger charge is -2.10. The lowest BCUT2D eigenvalue weighted by atomic mass is 9.99. The molecular weight excluding hydrogens is 673 g/mol. The molecule has 6 heteroatoms. The summed E-state index contributed by atoms with van der Waals surface area (Å²) in [5.41, 5.74) is 9.72. The molecule has 0 saturated carbocycles. The molecule has 0 saturated heterocycles. The average molecular weight is 701 g/mol. The van der Waals surface area contributed by atoms with Crippen molar-refractivity contribution < 1.29 is 0 Å². The number of hydrogen-bond donors (Lipinski definition) is 0. The SMILES string of the molecule is c1ccc(-c2ccc(-c3ccc(-c4nc(-c5ccccc5)nc(-c5cccc6sc7cc8sc(-c9ccccc9)nc8cc7c56)n4)cc3)cc2)cc1. The van der Waals surface area contributed by atoms with Crippen molar-refractivity contribution in [3.8, 4) is 67.0 Å². The van der Waals surface area contributed by atoms with E-state index in [9.17, 15) is 0 Å². The number of nitrogens with zero attached hydrogens (tertiary/aromatic N) is 4. The van der Waals surface area contributed by atoms with Crippen LogP contribution in [-0.2, 0) is 0 Å². The maximum Gasteiger partial charge on any atom is 0.164 e. The Hall–Kier alpha value is -6.34. The molecule has 0 N–H and O–H groups in total. The summed E-state index contributed by atoms with van der Waals surface area (Å²) in [6.45, 7) is 0. The van der Waals surface area contributed by atoms with E-state index < -0.39 is 0 Å². The molecule has 0 bridgehead atoms. The Labute approximate surface area is 308 Å². The molecule has 0 radical (unpaired) electrons. The first-order valence-corrected chi connectivity index (χ1v) is 18.8. The average Bonchev–Trinajstić information content (AvgIpc) is 3.81. The van der Waals surface area contributed by atoms with Crippen LogP contribution in [0.3, 0.4) is 0 Å². The topological polar surface area (TPSA) is 51.6 Å². The third-order valence-corrected chi connectivity index (χ3v) is 11.6. The second kappa shape index (κ2) is 12.8. The van der Waals surface area contributed by atoms with E-state index in [-0.39, 0.29) is 0 Å². The summed E-state index contributed by atoms with van der Waals surface area (Å²) in [4.78, 5) is 20.3. The van der Waals surface area contributed by atoms with Crippen molar-refractivity contribution >= 4 is 53.1 Å². The summed E-state index contributed by atoms with van der Waals surface area (Å²) in [6.07, 6.45) is 0. The van der Waals surface area contributed by atoms with Gasteiger partial charge in [0.25, 0.3) is 0 Å². The predicted molar refractivity (Wildman–Crippen MR) is 219 cm³/mol. The standard InChI is InChI=1S/C46H28N4S2/c1-4-11-29(12-5-1)30-19-21-31(22-20-30)32-23-25-34(26-24-32)44-48-43(33-13-6-2-7-14-33)49-45(50-44)36-17-10-18-39-42(36)37-27-38-41(28-40(37)51-39)52-46(47-38)35-15-8-3-9-16-35/h1-28H. The molecule has 244 valence electrons. The fourth-order valence-corrected chi connectivity index (χ4v) is 9.00. The van der Waals surface area contributed by atoms with E-state index >= 15 is 0 Å². The molecule has 0 aliphatic rings. The minimum absolute atomic E-state index is 0.640. The van der Waals surface area contributed by atoms with E-state index in [1.165, 1.54) is 30.6 Å². The quantitative estimate of drug-likeness (QED) is 0.173. The van der Waals surface area contributed by atoms with Crippen molar-refractivity contribution in [3.05, 3.63) is 170 Å². The van der Waals surface area contributed by atoms with Crippen molar-refractivity contribution in [1.29, 1.82) is 0 Å². The van der Waals surface area contributed by atoms with Crippen molar-refractivity contribution in [3.63, 3.8) is 0 Å². The second-order valence-electron chi connectivity index (χ2n) is 12.7. The van der Waals surface area contributed by atoms with E-state index in [0.29, 0.717) is 17.5 Å². The molecule has 0 unspecified atom stereocenters. The van der Waals surface area contributed by atoms with Crippen molar-refractivity contribution in [2.24, 2.45) is 0 Å². The first-order valence-electron chi connectivity index (χ1n) is 17.1. The molecule has 7 aromatic carbocycles. The molecule has 3 heterocycles. The number of hydrogen-bond acceptors (Lipinski definition) is 6. The van der Waals surface area contributed by atoms with Gasteiger partial charge in [-0.1, -0.05) is 152 Å². The molecule has 52 heavy (non-hydrogen) atoms. The summed E-state index contributed by atoms with van der Waals surface area (Å²) in [7, 11) is 0. The van der Waals surface area contributed by atoms with Gasteiger partial charge in [-0.15, -0.1) is 22.7 Å². The molecule has 0 amide bonds. The van der Waals surface area contributed by atoms with Crippen LogP contribution in [0.25, 0.3) is 97.4 Å². The van der Waals surface area contributed by atoms with Crippen LogP contribution in [0.15, 0.2) is 170 Å². The summed E-state index contributed by atoms with van der Waals surface area (Å²) in [5, 5.41) is 3.34.